The Kier molecular flexibility index (Phi) is 3.90. The van der Waals surface area contributed by atoms with Gasteiger partial charge in [0.25, 0.3) is 0 Å². The Labute approximate surface area is 131 Å². The molecule has 100 valence electrons. The fraction of sp³-hybridized carbons (Fsp3) is 0.0625. The molecule has 0 saturated carbocycles. The number of hydrogen-bond donors (Lipinski definition) is 0. The third kappa shape index (κ3) is 2.94. The van der Waals surface area contributed by atoms with Gasteiger partial charge in [-0.3, -0.25) is 0 Å². The summed E-state index contributed by atoms with van der Waals surface area (Å²) in [5, 5.41) is 0.733. The molecule has 2 nitrogen and oxygen atoms in total. The lowest BCUT2D eigenvalue weighted by Crippen LogP contribution is -1.97. The summed E-state index contributed by atoms with van der Waals surface area (Å²) in [6, 6.07) is 18.0. The summed E-state index contributed by atoms with van der Waals surface area (Å²) in [5.74, 6) is 0. The molecule has 0 bridgehead atoms. The molecule has 0 aliphatic carbocycles. The second-order valence-corrected chi connectivity index (χ2v) is 5.66. The number of rotatable bonds is 3. The van der Waals surface area contributed by atoms with Crippen LogP contribution in [0.15, 0.2) is 65.5 Å². The molecule has 0 amide bonds. The van der Waals surface area contributed by atoms with Crippen molar-refractivity contribution in [3.8, 4) is 11.3 Å². The molecule has 0 aliphatic rings. The van der Waals surface area contributed by atoms with E-state index in [1.54, 1.807) is 0 Å². The third-order valence-corrected chi connectivity index (χ3v) is 3.95. The van der Waals surface area contributed by atoms with E-state index in [4.69, 9.17) is 11.6 Å². The Morgan fingerprint density at radius 3 is 2.40 bits per heavy atom. The molecule has 3 rings (SSSR count). The van der Waals surface area contributed by atoms with Gasteiger partial charge in [-0.05, 0) is 33.6 Å². The summed E-state index contributed by atoms with van der Waals surface area (Å²) in [4.78, 5) is 4.54. The highest BCUT2D eigenvalue weighted by Gasteiger charge is 2.07. The number of benzene rings is 2. The predicted octanol–water partition coefficient (Wildman–Crippen LogP) is 5.01. The van der Waals surface area contributed by atoms with Crippen LogP contribution < -0.4 is 0 Å². The maximum Gasteiger partial charge on any atom is 0.177 e. The van der Waals surface area contributed by atoms with Gasteiger partial charge in [-0.25, -0.2) is 4.98 Å². The number of aromatic nitrogens is 2. The first-order valence-electron chi connectivity index (χ1n) is 6.25. The Hall–Kier alpha value is -1.58. The minimum absolute atomic E-state index is 0.733. The molecule has 0 aliphatic heterocycles. The average Bonchev–Trinajstić information content (AvgIpc) is 2.82. The zero-order valence-corrected chi connectivity index (χ0v) is 13.0. The van der Waals surface area contributed by atoms with Gasteiger partial charge in [-0.2, -0.15) is 0 Å². The third-order valence-electron chi connectivity index (χ3n) is 3.06. The minimum Gasteiger partial charge on any atom is -0.321 e. The Bertz CT molecular complexity index is 705. The van der Waals surface area contributed by atoms with Crippen LogP contribution in [-0.2, 0) is 6.54 Å². The van der Waals surface area contributed by atoms with E-state index in [1.165, 1.54) is 5.56 Å². The molecule has 0 radical (unpaired) electrons. The monoisotopic (exact) mass is 346 g/mol. The smallest absolute Gasteiger partial charge is 0.177 e. The molecular formula is C16H12BrClN2. The SMILES string of the molecule is Clc1ccc(-c2cn(Cc3ccccc3)c(Br)n2)cc1. The lowest BCUT2D eigenvalue weighted by Gasteiger charge is -2.03. The summed E-state index contributed by atoms with van der Waals surface area (Å²) in [7, 11) is 0. The second-order valence-electron chi connectivity index (χ2n) is 4.52. The van der Waals surface area contributed by atoms with E-state index < -0.39 is 0 Å². The van der Waals surface area contributed by atoms with Crippen LogP contribution >= 0.6 is 27.5 Å². The van der Waals surface area contributed by atoms with Crippen molar-refractivity contribution in [2.45, 2.75) is 6.54 Å². The van der Waals surface area contributed by atoms with Gasteiger partial charge in [-0.1, -0.05) is 54.1 Å². The van der Waals surface area contributed by atoms with E-state index in [9.17, 15) is 0 Å². The molecule has 4 heteroatoms. The highest BCUT2D eigenvalue weighted by Crippen LogP contribution is 2.23. The van der Waals surface area contributed by atoms with Gasteiger partial charge in [0.2, 0.25) is 0 Å². The predicted molar refractivity (Wildman–Crippen MR) is 85.9 cm³/mol. The van der Waals surface area contributed by atoms with Crippen molar-refractivity contribution in [3.63, 3.8) is 0 Å². The molecule has 2 aromatic carbocycles. The minimum atomic E-state index is 0.733. The molecule has 0 saturated heterocycles. The van der Waals surface area contributed by atoms with E-state index in [0.29, 0.717) is 0 Å². The molecule has 1 aromatic heterocycles. The summed E-state index contributed by atoms with van der Waals surface area (Å²) in [6.07, 6.45) is 2.04. The normalized spacial score (nSPS) is 10.7. The summed E-state index contributed by atoms with van der Waals surface area (Å²) in [5.41, 5.74) is 3.24. The van der Waals surface area contributed by atoms with E-state index >= 15 is 0 Å². The summed E-state index contributed by atoms with van der Waals surface area (Å²) >= 11 is 9.42. The highest BCUT2D eigenvalue weighted by atomic mass is 79.9. The van der Waals surface area contributed by atoms with Crippen LogP contribution in [0, 0.1) is 0 Å². The fourth-order valence-electron chi connectivity index (χ4n) is 2.04. The standard InChI is InChI=1S/C16H12BrClN2/c17-16-19-15(13-6-8-14(18)9-7-13)11-20(16)10-12-4-2-1-3-5-12/h1-9,11H,10H2. The van der Waals surface area contributed by atoms with Crippen LogP contribution in [0.25, 0.3) is 11.3 Å². The molecule has 1 heterocycles. The zero-order valence-electron chi connectivity index (χ0n) is 10.6. The van der Waals surface area contributed by atoms with Gasteiger partial charge in [0.05, 0.1) is 5.69 Å². The lowest BCUT2D eigenvalue weighted by molar-refractivity contribution is 0.775. The van der Waals surface area contributed by atoms with Gasteiger partial charge in [0, 0.05) is 23.3 Å². The summed E-state index contributed by atoms with van der Waals surface area (Å²) in [6.45, 7) is 0.794. The maximum absolute atomic E-state index is 5.91. The summed E-state index contributed by atoms with van der Waals surface area (Å²) < 4.78 is 2.91. The molecular weight excluding hydrogens is 336 g/mol. The fourth-order valence-corrected chi connectivity index (χ4v) is 2.59. The molecule has 3 aromatic rings. The molecule has 0 spiro atoms. The zero-order chi connectivity index (χ0) is 13.9. The highest BCUT2D eigenvalue weighted by molar-refractivity contribution is 9.10. The van der Waals surface area contributed by atoms with Crippen molar-refractivity contribution in [1.82, 2.24) is 9.55 Å². The van der Waals surface area contributed by atoms with Crippen molar-refractivity contribution >= 4 is 27.5 Å². The molecule has 0 N–H and O–H groups in total. The maximum atomic E-state index is 5.91. The van der Waals surface area contributed by atoms with Gasteiger partial charge < -0.3 is 4.57 Å². The van der Waals surface area contributed by atoms with Gasteiger partial charge in [-0.15, -0.1) is 0 Å². The van der Waals surface area contributed by atoms with Gasteiger partial charge >= 0.3 is 0 Å². The first-order valence-corrected chi connectivity index (χ1v) is 7.42. The number of imidazole rings is 1. The Balaban J connectivity index is 1.89. The van der Waals surface area contributed by atoms with Crippen molar-refractivity contribution in [1.29, 1.82) is 0 Å². The van der Waals surface area contributed by atoms with Crippen LogP contribution in [0.5, 0.6) is 0 Å². The molecule has 0 fully saturated rings. The van der Waals surface area contributed by atoms with E-state index in [0.717, 1.165) is 27.6 Å². The average molecular weight is 348 g/mol. The van der Waals surface area contributed by atoms with Crippen molar-refractivity contribution in [3.05, 3.63) is 76.1 Å². The first kappa shape index (κ1) is 13.4. The molecule has 0 unspecified atom stereocenters. The Morgan fingerprint density at radius 2 is 1.70 bits per heavy atom. The molecule has 0 atom stereocenters. The van der Waals surface area contributed by atoms with Crippen LogP contribution in [-0.4, -0.2) is 9.55 Å². The topological polar surface area (TPSA) is 17.8 Å². The number of hydrogen-bond acceptors (Lipinski definition) is 1. The van der Waals surface area contributed by atoms with E-state index in [-0.39, 0.29) is 0 Å². The van der Waals surface area contributed by atoms with Crippen LogP contribution in [0.3, 0.4) is 0 Å². The van der Waals surface area contributed by atoms with Crippen molar-refractivity contribution in [2.75, 3.05) is 0 Å². The van der Waals surface area contributed by atoms with E-state index in [1.807, 2.05) is 48.7 Å². The van der Waals surface area contributed by atoms with Gasteiger partial charge in [0.15, 0.2) is 4.73 Å². The van der Waals surface area contributed by atoms with Crippen LogP contribution in [0.2, 0.25) is 5.02 Å². The van der Waals surface area contributed by atoms with Crippen molar-refractivity contribution < 1.29 is 0 Å². The van der Waals surface area contributed by atoms with Crippen LogP contribution in [0.4, 0.5) is 0 Å². The van der Waals surface area contributed by atoms with Crippen LogP contribution in [0.1, 0.15) is 5.56 Å². The van der Waals surface area contributed by atoms with E-state index in [2.05, 4.69) is 37.6 Å². The lowest BCUT2D eigenvalue weighted by atomic mass is 10.2. The molecule has 20 heavy (non-hydrogen) atoms. The number of nitrogens with zero attached hydrogens (tertiary/aromatic N) is 2. The second kappa shape index (κ2) is 5.81. The van der Waals surface area contributed by atoms with Gasteiger partial charge in [0.1, 0.15) is 0 Å². The quantitative estimate of drug-likeness (QED) is 0.651. The Morgan fingerprint density at radius 1 is 1.00 bits per heavy atom. The van der Waals surface area contributed by atoms with Crippen molar-refractivity contribution in [2.24, 2.45) is 0 Å². The first-order chi connectivity index (χ1) is 9.72. The number of halogens is 2. The largest absolute Gasteiger partial charge is 0.321 e.